The minimum atomic E-state index is -0.000693. The van der Waals surface area contributed by atoms with Crippen molar-refractivity contribution in [2.75, 3.05) is 63.0 Å². The quantitative estimate of drug-likeness (QED) is 0.181. The van der Waals surface area contributed by atoms with Crippen LogP contribution >= 0.6 is 0 Å². The predicted octanol–water partition coefficient (Wildman–Crippen LogP) is 2.39. The summed E-state index contributed by atoms with van der Waals surface area (Å²) < 4.78 is 0. The molecule has 0 saturated carbocycles. The van der Waals surface area contributed by atoms with Gasteiger partial charge in [-0.2, -0.15) is 0 Å². The highest BCUT2D eigenvalue weighted by molar-refractivity contribution is 6.08. The second-order valence-corrected chi connectivity index (χ2v) is 11.6. The number of rotatable bonds is 14. The molecule has 0 aromatic heterocycles. The lowest BCUT2D eigenvalue weighted by Crippen LogP contribution is -2.23. The maximum absolute atomic E-state index is 12.8. The molecule has 45 heavy (non-hydrogen) atoms. The molecule has 12 heteroatoms. The lowest BCUT2D eigenvalue weighted by molar-refractivity contribution is -0.117. The Hall–Kier alpha value is -4.74. The number of anilines is 2. The summed E-state index contributed by atoms with van der Waals surface area (Å²) >= 11 is 0. The Bertz CT molecular complexity index is 1350. The fraction of sp³-hybridized carbons (Fsp3) is 0.455. The second-order valence-electron chi connectivity index (χ2n) is 11.6. The van der Waals surface area contributed by atoms with E-state index in [1.807, 2.05) is 24.3 Å². The third-order valence-electron chi connectivity index (χ3n) is 8.03. The smallest absolute Gasteiger partial charge is 0.224 e. The van der Waals surface area contributed by atoms with Crippen molar-refractivity contribution in [1.82, 2.24) is 21.3 Å². The average Bonchev–Trinajstić information content (AvgIpc) is 3.89. The highest BCUT2D eigenvalue weighted by atomic mass is 16.2. The lowest BCUT2D eigenvalue weighted by Gasteiger charge is -2.12. The van der Waals surface area contributed by atoms with Crippen molar-refractivity contribution in [3.05, 3.63) is 58.7 Å². The molecule has 2 aromatic rings. The van der Waals surface area contributed by atoms with E-state index >= 15 is 0 Å². The van der Waals surface area contributed by atoms with E-state index in [9.17, 15) is 9.59 Å². The van der Waals surface area contributed by atoms with E-state index in [2.05, 4.69) is 64.0 Å². The van der Waals surface area contributed by atoms with Gasteiger partial charge >= 0.3 is 0 Å². The van der Waals surface area contributed by atoms with E-state index in [4.69, 9.17) is 0 Å². The van der Waals surface area contributed by atoms with E-state index in [1.165, 1.54) is 0 Å². The Balaban J connectivity index is 0.923. The van der Waals surface area contributed by atoms with Crippen molar-refractivity contribution in [1.29, 1.82) is 0 Å². The lowest BCUT2D eigenvalue weighted by atomic mass is 10.1. The molecule has 0 atom stereocenters. The van der Waals surface area contributed by atoms with Gasteiger partial charge in [0, 0.05) is 72.6 Å². The number of benzene rings is 2. The fourth-order valence-corrected chi connectivity index (χ4v) is 5.86. The van der Waals surface area contributed by atoms with E-state index in [0.29, 0.717) is 12.8 Å². The van der Waals surface area contributed by atoms with Gasteiger partial charge in [0.15, 0.2) is 0 Å². The van der Waals surface area contributed by atoms with Crippen LogP contribution in [-0.4, -0.2) is 87.5 Å². The monoisotopic (exact) mass is 610 g/mol. The van der Waals surface area contributed by atoms with E-state index in [1.54, 1.807) is 0 Å². The van der Waals surface area contributed by atoms with Crippen LogP contribution in [0.5, 0.6) is 0 Å². The van der Waals surface area contributed by atoms with Crippen molar-refractivity contribution in [2.45, 2.75) is 44.9 Å². The molecule has 236 valence electrons. The Morgan fingerprint density at radius 1 is 0.489 bits per heavy atom. The SMILES string of the molecule is O=C(CCCCCCCC(=O)Nc1cc(C2=NCCN2)cc(C2=NCCN2)c1)Nc1cc(C2=NCCN2)cc(C2=NCCN2)c1. The minimum Gasteiger partial charge on any atom is -0.368 e. The van der Waals surface area contributed by atoms with Crippen LogP contribution in [0, 0.1) is 0 Å². The fourth-order valence-electron chi connectivity index (χ4n) is 5.86. The molecule has 0 aliphatic carbocycles. The molecule has 6 rings (SSSR count). The van der Waals surface area contributed by atoms with Crippen LogP contribution in [0.3, 0.4) is 0 Å². The van der Waals surface area contributed by atoms with Crippen LogP contribution in [0.2, 0.25) is 0 Å². The third kappa shape index (κ3) is 8.25. The summed E-state index contributed by atoms with van der Waals surface area (Å²) in [6, 6.07) is 12.0. The normalized spacial score (nSPS) is 16.9. The molecule has 0 radical (unpaired) electrons. The molecule has 4 heterocycles. The van der Waals surface area contributed by atoms with Crippen molar-refractivity contribution >= 4 is 46.5 Å². The zero-order valence-electron chi connectivity index (χ0n) is 25.7. The number of carbonyl (C=O) groups is 2. The van der Waals surface area contributed by atoms with Crippen LogP contribution in [0.25, 0.3) is 0 Å². The molecule has 4 aliphatic heterocycles. The van der Waals surface area contributed by atoms with Gasteiger partial charge in [-0.3, -0.25) is 29.6 Å². The number of nitrogens with zero attached hydrogens (tertiary/aromatic N) is 4. The van der Waals surface area contributed by atoms with Gasteiger partial charge in [-0.25, -0.2) is 0 Å². The maximum atomic E-state index is 12.8. The molecule has 2 aromatic carbocycles. The highest BCUT2D eigenvalue weighted by Crippen LogP contribution is 2.20. The van der Waals surface area contributed by atoms with E-state index in [-0.39, 0.29) is 11.8 Å². The summed E-state index contributed by atoms with van der Waals surface area (Å²) in [6.07, 6.45) is 5.38. The number of amidine groups is 4. The summed E-state index contributed by atoms with van der Waals surface area (Å²) in [7, 11) is 0. The molecular weight excluding hydrogens is 568 g/mol. The maximum Gasteiger partial charge on any atom is 0.224 e. The molecular formula is C33H42N10O2. The van der Waals surface area contributed by atoms with Crippen molar-refractivity contribution in [3.8, 4) is 0 Å². The molecule has 6 N–H and O–H groups in total. The van der Waals surface area contributed by atoms with Crippen LogP contribution in [0.15, 0.2) is 56.4 Å². The van der Waals surface area contributed by atoms with Crippen LogP contribution in [0.4, 0.5) is 11.4 Å². The van der Waals surface area contributed by atoms with Gasteiger partial charge in [0.2, 0.25) is 11.8 Å². The standard InChI is InChI=1S/C33H42N10O2/c44-28(42-26-18-22(30-34-8-9-35-30)16-23(19-26)31-36-10-11-37-31)6-4-2-1-3-5-7-29(45)43-27-20-24(32-38-12-13-39-32)17-25(21-27)33-40-14-15-41-33/h16-21H,1-15H2,(H,34,35)(H,36,37)(H,38,39)(H,40,41)(H,42,44)(H,43,45). The van der Waals surface area contributed by atoms with Gasteiger partial charge in [-0.15, -0.1) is 0 Å². The molecule has 0 bridgehead atoms. The number of hydrogen-bond donors (Lipinski definition) is 6. The number of carbonyl (C=O) groups excluding carboxylic acids is 2. The van der Waals surface area contributed by atoms with E-state index in [0.717, 1.165) is 141 Å². The molecule has 2 amide bonds. The Morgan fingerprint density at radius 2 is 0.800 bits per heavy atom. The van der Waals surface area contributed by atoms with Gasteiger partial charge in [-0.05, 0) is 49.2 Å². The van der Waals surface area contributed by atoms with Gasteiger partial charge < -0.3 is 31.9 Å². The minimum absolute atomic E-state index is 0.000693. The largest absolute Gasteiger partial charge is 0.368 e. The summed E-state index contributed by atoms with van der Waals surface area (Å²) in [5.41, 5.74) is 5.32. The first-order valence-corrected chi connectivity index (χ1v) is 16.2. The number of aliphatic imine (C=N–C) groups is 4. The number of hydrogen-bond acceptors (Lipinski definition) is 10. The second kappa shape index (κ2) is 14.8. The van der Waals surface area contributed by atoms with Crippen molar-refractivity contribution < 1.29 is 9.59 Å². The average molecular weight is 611 g/mol. The zero-order valence-corrected chi connectivity index (χ0v) is 25.7. The third-order valence-corrected chi connectivity index (χ3v) is 8.03. The van der Waals surface area contributed by atoms with E-state index < -0.39 is 0 Å². The summed E-state index contributed by atoms with van der Waals surface area (Å²) in [5, 5.41) is 19.4. The van der Waals surface area contributed by atoms with Gasteiger partial charge in [0.1, 0.15) is 23.3 Å². The molecule has 0 fully saturated rings. The molecule has 0 unspecified atom stereocenters. The summed E-state index contributed by atoms with van der Waals surface area (Å²) in [6.45, 7) is 6.30. The molecule has 0 saturated heterocycles. The predicted molar refractivity (Wildman–Crippen MR) is 180 cm³/mol. The van der Waals surface area contributed by atoms with Gasteiger partial charge in [0.25, 0.3) is 0 Å². The van der Waals surface area contributed by atoms with Crippen molar-refractivity contribution in [2.24, 2.45) is 20.0 Å². The number of unbranched alkanes of at least 4 members (excludes halogenated alkanes) is 4. The first-order chi connectivity index (χ1) is 22.1. The summed E-state index contributed by atoms with van der Waals surface area (Å²) in [4.78, 5) is 43.7. The molecule has 12 nitrogen and oxygen atoms in total. The van der Waals surface area contributed by atoms with Gasteiger partial charge in [-0.1, -0.05) is 19.3 Å². The first-order valence-electron chi connectivity index (χ1n) is 16.2. The first kappa shape index (κ1) is 30.3. The van der Waals surface area contributed by atoms with Crippen LogP contribution in [0.1, 0.15) is 67.2 Å². The van der Waals surface area contributed by atoms with Crippen molar-refractivity contribution in [3.63, 3.8) is 0 Å². The molecule has 0 spiro atoms. The molecule has 4 aliphatic rings. The van der Waals surface area contributed by atoms with Crippen LogP contribution in [-0.2, 0) is 9.59 Å². The summed E-state index contributed by atoms with van der Waals surface area (Å²) in [5.74, 6) is 3.41. The highest BCUT2D eigenvalue weighted by Gasteiger charge is 2.17. The number of amides is 2. The Kier molecular flexibility index (Phi) is 9.98. The Morgan fingerprint density at radius 3 is 1.09 bits per heavy atom. The van der Waals surface area contributed by atoms with Gasteiger partial charge in [0.05, 0.1) is 26.2 Å². The Labute approximate surface area is 263 Å². The van der Waals surface area contributed by atoms with Crippen LogP contribution < -0.4 is 31.9 Å². The topological polar surface area (TPSA) is 156 Å². The zero-order chi connectivity index (χ0) is 30.8. The number of nitrogens with one attached hydrogen (secondary N) is 6.